The van der Waals surface area contributed by atoms with Crippen molar-refractivity contribution in [2.75, 3.05) is 12.0 Å². The average molecular weight is 275 g/mol. The first-order chi connectivity index (χ1) is 8.42. The van der Waals surface area contributed by atoms with Gasteiger partial charge < -0.3 is 16.3 Å². The van der Waals surface area contributed by atoms with E-state index in [0.29, 0.717) is 18.6 Å². The maximum absolute atomic E-state index is 12.3. The van der Waals surface area contributed by atoms with E-state index in [2.05, 4.69) is 10.5 Å². The van der Waals surface area contributed by atoms with E-state index >= 15 is 0 Å². The molecule has 0 heterocycles. The van der Waals surface area contributed by atoms with Gasteiger partial charge in [0.25, 0.3) is 0 Å². The third kappa shape index (κ3) is 3.22. The van der Waals surface area contributed by atoms with Gasteiger partial charge >= 0.3 is 0 Å². The van der Waals surface area contributed by atoms with Crippen molar-refractivity contribution in [3.8, 4) is 0 Å². The highest BCUT2D eigenvalue weighted by Crippen LogP contribution is 2.38. The molecule has 7 heteroatoms. The van der Waals surface area contributed by atoms with Gasteiger partial charge in [0.2, 0.25) is 5.91 Å². The van der Waals surface area contributed by atoms with Crippen LogP contribution in [0.2, 0.25) is 0 Å². The zero-order valence-corrected chi connectivity index (χ0v) is 11.6. The zero-order valence-electron chi connectivity index (χ0n) is 10.8. The largest absolute Gasteiger partial charge is 0.409 e. The summed E-state index contributed by atoms with van der Waals surface area (Å²) in [5.74, 6) is 0.147. The molecule has 0 radical (unpaired) electrons. The quantitative estimate of drug-likeness (QED) is 0.288. The minimum atomic E-state index is -0.965. The van der Waals surface area contributed by atoms with Crippen molar-refractivity contribution < 1.29 is 14.2 Å². The van der Waals surface area contributed by atoms with E-state index in [-0.39, 0.29) is 17.8 Å². The van der Waals surface area contributed by atoms with Crippen LogP contribution in [0.3, 0.4) is 0 Å². The fraction of sp³-hybridized carbons (Fsp3) is 0.818. The molecule has 1 rings (SSSR count). The summed E-state index contributed by atoms with van der Waals surface area (Å²) in [5, 5.41) is 14.6. The van der Waals surface area contributed by atoms with E-state index in [1.165, 1.54) is 0 Å². The minimum Gasteiger partial charge on any atom is -0.409 e. The Morgan fingerprint density at radius 2 is 2.11 bits per heavy atom. The monoisotopic (exact) mass is 275 g/mol. The molecule has 18 heavy (non-hydrogen) atoms. The number of hydrogen-bond acceptors (Lipinski definition) is 4. The summed E-state index contributed by atoms with van der Waals surface area (Å²) in [7, 11) is -0.965. The molecule has 1 aliphatic rings. The predicted octanol–water partition coefficient (Wildman–Crippen LogP) is 0.176. The Bertz CT molecular complexity index is 365. The lowest BCUT2D eigenvalue weighted by Gasteiger charge is -2.27. The molecule has 2 atom stereocenters. The van der Waals surface area contributed by atoms with Gasteiger partial charge in [-0.1, -0.05) is 18.0 Å². The fourth-order valence-corrected chi connectivity index (χ4v) is 3.22. The molecule has 0 aromatic carbocycles. The van der Waals surface area contributed by atoms with Gasteiger partial charge in [-0.2, -0.15) is 0 Å². The van der Waals surface area contributed by atoms with Gasteiger partial charge in [-0.15, -0.1) is 0 Å². The number of hydrogen-bond donors (Lipinski definition) is 3. The summed E-state index contributed by atoms with van der Waals surface area (Å²) in [5.41, 5.74) is 4.78. The molecule has 0 spiro atoms. The molecular weight excluding hydrogens is 254 g/mol. The van der Waals surface area contributed by atoms with E-state index in [0.717, 1.165) is 12.8 Å². The van der Waals surface area contributed by atoms with E-state index in [4.69, 9.17) is 10.9 Å². The highest BCUT2D eigenvalue weighted by molar-refractivity contribution is 7.84. The van der Waals surface area contributed by atoms with Crippen molar-refractivity contribution in [3.05, 3.63) is 0 Å². The number of nitrogens with zero attached hydrogens (tertiary/aromatic N) is 1. The van der Waals surface area contributed by atoms with Crippen LogP contribution < -0.4 is 11.1 Å². The Morgan fingerprint density at radius 1 is 1.56 bits per heavy atom. The van der Waals surface area contributed by atoms with Crippen LogP contribution in [0.1, 0.15) is 32.6 Å². The van der Waals surface area contributed by atoms with E-state index < -0.39 is 16.2 Å². The van der Waals surface area contributed by atoms with Gasteiger partial charge in [0.1, 0.15) is 5.41 Å². The Kier molecular flexibility index (Phi) is 5.13. The Labute approximate surface area is 109 Å². The van der Waals surface area contributed by atoms with Crippen molar-refractivity contribution in [2.24, 2.45) is 16.3 Å². The third-order valence-electron chi connectivity index (χ3n) is 3.35. The lowest BCUT2D eigenvalue weighted by molar-refractivity contribution is -0.127. The molecule has 4 N–H and O–H groups in total. The van der Waals surface area contributed by atoms with Crippen molar-refractivity contribution in [1.82, 2.24) is 5.32 Å². The molecule has 0 saturated heterocycles. The van der Waals surface area contributed by atoms with Crippen LogP contribution in [0, 0.1) is 5.41 Å². The number of rotatable bonds is 5. The van der Waals surface area contributed by atoms with Crippen LogP contribution >= 0.6 is 0 Å². The second kappa shape index (κ2) is 6.17. The summed E-state index contributed by atoms with van der Waals surface area (Å²) in [6.07, 6.45) is 4.56. The molecule has 1 fully saturated rings. The second-order valence-electron chi connectivity index (χ2n) is 4.89. The van der Waals surface area contributed by atoms with Crippen LogP contribution in [0.15, 0.2) is 5.16 Å². The topological polar surface area (TPSA) is 105 Å². The van der Waals surface area contributed by atoms with Gasteiger partial charge in [-0.25, -0.2) is 0 Å². The normalized spacial score (nSPS) is 22.4. The molecule has 2 unspecified atom stereocenters. The standard InChI is InChI=1S/C11H21N3O3S/c1-8(7-18(2)17)13-10(15)11(9(12)14-16)5-3-4-6-11/h8,16H,3-7H2,1-2H3,(H2,12,14)(H,13,15). The van der Waals surface area contributed by atoms with Crippen LogP contribution in [-0.2, 0) is 15.6 Å². The van der Waals surface area contributed by atoms with E-state index in [1.54, 1.807) is 13.2 Å². The number of carbonyl (C=O) groups is 1. The van der Waals surface area contributed by atoms with Gasteiger partial charge in [0.15, 0.2) is 5.84 Å². The van der Waals surface area contributed by atoms with Gasteiger partial charge in [0, 0.05) is 28.9 Å². The van der Waals surface area contributed by atoms with Crippen molar-refractivity contribution >= 4 is 22.5 Å². The molecule has 0 aliphatic heterocycles. The number of amidine groups is 1. The van der Waals surface area contributed by atoms with Crippen molar-refractivity contribution in [3.63, 3.8) is 0 Å². The third-order valence-corrected chi connectivity index (χ3v) is 4.32. The average Bonchev–Trinajstić information content (AvgIpc) is 2.76. The summed E-state index contributed by atoms with van der Waals surface area (Å²) in [4.78, 5) is 12.3. The first-order valence-corrected chi connectivity index (χ1v) is 7.74. The SMILES string of the molecule is CC(CS(C)=O)NC(=O)C1(C(N)=NO)CCCC1. The molecule has 0 aromatic heterocycles. The van der Waals surface area contributed by atoms with Crippen LogP contribution in [0.4, 0.5) is 0 Å². The number of amides is 1. The lowest BCUT2D eigenvalue weighted by Crippen LogP contribution is -2.51. The van der Waals surface area contributed by atoms with Gasteiger partial charge in [0.05, 0.1) is 0 Å². The molecule has 6 nitrogen and oxygen atoms in total. The molecule has 0 aromatic rings. The Hall–Kier alpha value is -1.11. The van der Waals surface area contributed by atoms with E-state index in [9.17, 15) is 9.00 Å². The first-order valence-electron chi connectivity index (χ1n) is 6.01. The molecule has 104 valence electrons. The molecular formula is C11H21N3O3S. The second-order valence-corrected chi connectivity index (χ2v) is 6.37. The smallest absolute Gasteiger partial charge is 0.234 e. The summed E-state index contributed by atoms with van der Waals surface area (Å²) < 4.78 is 11.1. The summed E-state index contributed by atoms with van der Waals surface area (Å²) >= 11 is 0. The number of nitrogens with two attached hydrogens (primary N) is 1. The zero-order chi connectivity index (χ0) is 13.8. The fourth-order valence-electron chi connectivity index (χ4n) is 2.43. The number of oxime groups is 1. The highest BCUT2D eigenvalue weighted by atomic mass is 32.2. The Morgan fingerprint density at radius 3 is 2.56 bits per heavy atom. The van der Waals surface area contributed by atoms with E-state index in [1.807, 2.05) is 0 Å². The minimum absolute atomic E-state index is 0.0256. The summed E-state index contributed by atoms with van der Waals surface area (Å²) in [6.45, 7) is 1.80. The molecule has 1 aliphatic carbocycles. The van der Waals surface area contributed by atoms with Crippen molar-refractivity contribution in [1.29, 1.82) is 0 Å². The maximum Gasteiger partial charge on any atom is 0.234 e. The van der Waals surface area contributed by atoms with Gasteiger partial charge in [-0.05, 0) is 19.8 Å². The maximum atomic E-state index is 12.3. The predicted molar refractivity (Wildman–Crippen MR) is 70.8 cm³/mol. The van der Waals surface area contributed by atoms with Gasteiger partial charge in [-0.3, -0.25) is 9.00 Å². The van der Waals surface area contributed by atoms with Crippen molar-refractivity contribution in [2.45, 2.75) is 38.6 Å². The van der Waals surface area contributed by atoms with Crippen LogP contribution in [0.25, 0.3) is 0 Å². The highest BCUT2D eigenvalue weighted by Gasteiger charge is 2.45. The number of nitrogens with one attached hydrogen (secondary N) is 1. The molecule has 0 bridgehead atoms. The van der Waals surface area contributed by atoms with Crippen LogP contribution in [-0.4, -0.2) is 39.2 Å². The Balaban J connectivity index is 2.76. The first kappa shape index (κ1) is 14.9. The molecule has 1 amide bonds. The van der Waals surface area contributed by atoms with Crippen LogP contribution in [0.5, 0.6) is 0 Å². The summed E-state index contributed by atoms with van der Waals surface area (Å²) in [6, 6.07) is -0.188. The lowest BCUT2D eigenvalue weighted by atomic mass is 9.83. The molecule has 1 saturated carbocycles. The number of carbonyl (C=O) groups excluding carboxylic acids is 1.